The van der Waals surface area contributed by atoms with Crippen LogP contribution in [0.3, 0.4) is 0 Å². The van der Waals surface area contributed by atoms with Crippen molar-refractivity contribution in [3.05, 3.63) is 64.1 Å². The summed E-state index contributed by atoms with van der Waals surface area (Å²) in [5.74, 6) is -0.853. The first-order valence-corrected chi connectivity index (χ1v) is 16.1. The molecule has 4 rings (SSSR count). The molecule has 1 N–H and O–H groups in total. The second-order valence-electron chi connectivity index (χ2n) is 11.0. The lowest BCUT2D eigenvalue weighted by Gasteiger charge is -2.17. The van der Waals surface area contributed by atoms with Crippen LogP contribution in [0.15, 0.2) is 47.4 Å². The van der Waals surface area contributed by atoms with Crippen LogP contribution in [0.2, 0.25) is 0 Å². The van der Waals surface area contributed by atoms with Gasteiger partial charge >= 0.3 is 0 Å². The summed E-state index contributed by atoms with van der Waals surface area (Å²) in [7, 11) is 0. The van der Waals surface area contributed by atoms with Gasteiger partial charge in [0.05, 0.1) is 16.2 Å². The molecule has 0 radical (unpaired) electrons. The third-order valence-corrected chi connectivity index (χ3v) is 9.15. The second kappa shape index (κ2) is 14.8. The van der Waals surface area contributed by atoms with Gasteiger partial charge in [-0.2, -0.15) is 0 Å². The van der Waals surface area contributed by atoms with Crippen LogP contribution in [0, 0.1) is 13.8 Å². The molecule has 0 atom stereocenters. The third kappa shape index (κ3) is 7.66. The summed E-state index contributed by atoms with van der Waals surface area (Å²) < 4.78 is 0.491. The number of para-hydroxylation sites is 1. The highest BCUT2D eigenvalue weighted by molar-refractivity contribution is 8.26. The molecule has 0 aromatic heterocycles. The van der Waals surface area contributed by atoms with E-state index in [1.165, 1.54) is 61.6 Å². The summed E-state index contributed by atoms with van der Waals surface area (Å²) in [6.07, 6.45) is 12.2. The third-order valence-electron chi connectivity index (χ3n) is 7.70. The largest absolute Gasteiger partial charge is 0.324 e. The SMILES string of the molecule is CCCCCCCCCCCCN1C(=O)/C(=C2/C(=O)N(CC(=O)Nc3cc(C)ccc3C)c3ccccc32)SC1=S. The van der Waals surface area contributed by atoms with Crippen molar-refractivity contribution in [1.29, 1.82) is 0 Å². The molecule has 0 aliphatic carbocycles. The summed E-state index contributed by atoms with van der Waals surface area (Å²) in [5.41, 5.74) is 4.34. The van der Waals surface area contributed by atoms with Crippen LogP contribution in [0.25, 0.3) is 5.57 Å². The summed E-state index contributed by atoms with van der Waals surface area (Å²) in [5, 5.41) is 2.94. The Morgan fingerprint density at radius 1 is 0.854 bits per heavy atom. The molecule has 218 valence electrons. The molecule has 0 spiro atoms. The highest BCUT2D eigenvalue weighted by Crippen LogP contribution is 2.44. The van der Waals surface area contributed by atoms with E-state index in [0.29, 0.717) is 32.6 Å². The molecule has 6 nitrogen and oxygen atoms in total. The fourth-order valence-electron chi connectivity index (χ4n) is 5.36. The fraction of sp³-hybridized carbons (Fsp3) is 0.455. The predicted molar refractivity (Wildman–Crippen MR) is 174 cm³/mol. The van der Waals surface area contributed by atoms with Crippen LogP contribution in [0.4, 0.5) is 11.4 Å². The number of thiocarbonyl (C=S) groups is 1. The van der Waals surface area contributed by atoms with Crippen LogP contribution >= 0.6 is 24.0 Å². The van der Waals surface area contributed by atoms with Gasteiger partial charge in [0.1, 0.15) is 10.9 Å². The van der Waals surface area contributed by atoms with Crippen molar-refractivity contribution in [2.24, 2.45) is 0 Å². The Balaban J connectivity index is 1.38. The first-order chi connectivity index (χ1) is 19.8. The van der Waals surface area contributed by atoms with E-state index >= 15 is 0 Å². The molecule has 8 heteroatoms. The molecule has 1 saturated heterocycles. The molecular weight excluding hydrogens is 551 g/mol. The molecule has 2 heterocycles. The maximum atomic E-state index is 13.7. The number of hydrogen-bond acceptors (Lipinski definition) is 5. The zero-order valence-electron chi connectivity index (χ0n) is 24.5. The average molecular weight is 592 g/mol. The number of anilines is 2. The number of nitrogens with one attached hydrogen (secondary N) is 1. The van der Waals surface area contributed by atoms with E-state index in [1.54, 1.807) is 4.90 Å². The lowest BCUT2D eigenvalue weighted by atomic mass is 10.1. The van der Waals surface area contributed by atoms with Crippen LogP contribution in [0.5, 0.6) is 0 Å². The van der Waals surface area contributed by atoms with E-state index in [1.807, 2.05) is 56.3 Å². The van der Waals surface area contributed by atoms with E-state index in [9.17, 15) is 14.4 Å². The Morgan fingerprint density at radius 2 is 1.51 bits per heavy atom. The zero-order chi connectivity index (χ0) is 29.4. The Bertz CT molecular complexity index is 1340. The number of hydrogen-bond donors (Lipinski definition) is 1. The Morgan fingerprint density at radius 3 is 2.22 bits per heavy atom. The van der Waals surface area contributed by atoms with Crippen LogP contribution in [0.1, 0.15) is 87.8 Å². The quantitative estimate of drug-likeness (QED) is 0.138. The van der Waals surface area contributed by atoms with Crippen molar-refractivity contribution in [2.45, 2.75) is 85.0 Å². The first-order valence-electron chi connectivity index (χ1n) is 14.9. The van der Waals surface area contributed by atoms with Gasteiger partial charge in [0.25, 0.3) is 11.8 Å². The second-order valence-corrected chi connectivity index (χ2v) is 12.6. The van der Waals surface area contributed by atoms with Crippen molar-refractivity contribution in [3.8, 4) is 0 Å². The standard InChI is InChI=1S/C33H41N3O3S2/c1-4-5-6-7-8-9-10-11-12-15-20-35-32(39)30(41-33(35)40)29-25-16-13-14-17-27(25)36(31(29)38)22-28(37)34-26-21-23(2)18-19-24(26)3/h13-14,16-19,21H,4-12,15,20,22H2,1-3H3,(H,34,37)/b30-29-. The Kier molecular flexibility index (Phi) is 11.2. The average Bonchev–Trinajstić information content (AvgIpc) is 3.38. The number of thioether (sulfide) groups is 1. The molecular formula is C33H41N3O3S2. The number of unbranched alkanes of at least 4 members (excludes halogenated alkanes) is 9. The van der Waals surface area contributed by atoms with Crippen molar-refractivity contribution >= 4 is 63.0 Å². The van der Waals surface area contributed by atoms with E-state index in [-0.39, 0.29) is 24.3 Å². The van der Waals surface area contributed by atoms with Gasteiger partial charge in [-0.15, -0.1) is 0 Å². The monoisotopic (exact) mass is 591 g/mol. The minimum Gasteiger partial charge on any atom is -0.324 e. The van der Waals surface area contributed by atoms with E-state index in [2.05, 4.69) is 12.2 Å². The van der Waals surface area contributed by atoms with Gasteiger partial charge in [0, 0.05) is 17.8 Å². The number of nitrogens with zero attached hydrogens (tertiary/aromatic N) is 2. The van der Waals surface area contributed by atoms with Crippen molar-refractivity contribution in [3.63, 3.8) is 0 Å². The van der Waals surface area contributed by atoms with E-state index in [0.717, 1.165) is 36.1 Å². The van der Waals surface area contributed by atoms with Gasteiger partial charge in [-0.05, 0) is 43.5 Å². The number of rotatable bonds is 14. The smallest absolute Gasteiger partial charge is 0.267 e. The summed E-state index contributed by atoms with van der Waals surface area (Å²) in [6.45, 7) is 6.56. The van der Waals surface area contributed by atoms with Gasteiger partial charge in [-0.1, -0.05) is 119 Å². The van der Waals surface area contributed by atoms with Crippen LogP contribution in [-0.4, -0.2) is 40.0 Å². The fourth-order valence-corrected chi connectivity index (χ4v) is 6.74. The van der Waals surface area contributed by atoms with Crippen molar-refractivity contribution < 1.29 is 14.4 Å². The lowest BCUT2D eigenvalue weighted by molar-refractivity contribution is -0.122. The van der Waals surface area contributed by atoms with Crippen molar-refractivity contribution in [1.82, 2.24) is 4.90 Å². The van der Waals surface area contributed by atoms with E-state index in [4.69, 9.17) is 12.2 Å². The molecule has 41 heavy (non-hydrogen) atoms. The molecule has 2 aliphatic rings. The van der Waals surface area contributed by atoms with Gasteiger partial charge in [0.15, 0.2) is 0 Å². The van der Waals surface area contributed by atoms with Gasteiger partial charge in [-0.25, -0.2) is 0 Å². The molecule has 2 aromatic carbocycles. The molecule has 0 unspecified atom stereocenters. The molecule has 2 aliphatic heterocycles. The molecule has 1 fully saturated rings. The normalized spacial score (nSPS) is 16.6. The molecule has 0 bridgehead atoms. The summed E-state index contributed by atoms with van der Waals surface area (Å²) in [6, 6.07) is 13.2. The highest BCUT2D eigenvalue weighted by atomic mass is 32.2. The summed E-state index contributed by atoms with van der Waals surface area (Å²) in [4.78, 5) is 43.7. The highest BCUT2D eigenvalue weighted by Gasteiger charge is 2.42. The topological polar surface area (TPSA) is 69.7 Å². The number of benzene rings is 2. The van der Waals surface area contributed by atoms with Gasteiger partial charge in [0.2, 0.25) is 5.91 Å². The van der Waals surface area contributed by atoms with Gasteiger partial charge < -0.3 is 5.32 Å². The van der Waals surface area contributed by atoms with Crippen molar-refractivity contribution in [2.75, 3.05) is 23.3 Å². The number of aryl methyl sites for hydroxylation is 2. The Hall–Kier alpha value is -2.97. The Labute approximate surface area is 253 Å². The molecule has 2 aromatic rings. The predicted octanol–water partition coefficient (Wildman–Crippen LogP) is 7.78. The summed E-state index contributed by atoms with van der Waals surface area (Å²) >= 11 is 6.77. The zero-order valence-corrected chi connectivity index (χ0v) is 26.1. The molecule has 3 amide bonds. The number of carbonyl (C=O) groups is 3. The minimum atomic E-state index is -0.346. The lowest BCUT2D eigenvalue weighted by Crippen LogP contribution is -2.35. The number of fused-ring (bicyclic) bond motifs is 1. The minimum absolute atomic E-state index is 0.147. The maximum Gasteiger partial charge on any atom is 0.267 e. The first kappa shape index (κ1) is 31.0. The molecule has 0 saturated carbocycles. The maximum absolute atomic E-state index is 13.7. The van der Waals surface area contributed by atoms with E-state index < -0.39 is 0 Å². The van der Waals surface area contributed by atoms with Gasteiger partial charge in [-0.3, -0.25) is 24.2 Å². The number of carbonyl (C=O) groups excluding carboxylic acids is 3. The number of amides is 3. The van der Waals surface area contributed by atoms with Crippen LogP contribution < -0.4 is 10.2 Å². The van der Waals surface area contributed by atoms with Crippen LogP contribution in [-0.2, 0) is 14.4 Å².